The van der Waals surface area contributed by atoms with Crippen LogP contribution in [0.3, 0.4) is 0 Å². The average Bonchev–Trinajstić information content (AvgIpc) is 3.18. The molecule has 3 aromatic rings. The molecule has 29 heavy (non-hydrogen) atoms. The highest BCUT2D eigenvalue weighted by molar-refractivity contribution is 5.79. The minimum Gasteiger partial charge on any atom is -0.488 e. The number of ether oxygens (including phenoxy) is 1. The standard InChI is InChI=1S/C23H28N4O2/c1-23(2,3)29-20-13-9-8-12-18(20)14-25-22(24-4)26-15-19-16-28-21(27-19)17-10-6-5-7-11-17/h5-13,16H,14-15H2,1-4H3,(H2,24,25,26). The highest BCUT2D eigenvalue weighted by Crippen LogP contribution is 2.23. The van der Waals surface area contributed by atoms with Crippen LogP contribution < -0.4 is 15.4 Å². The molecule has 0 spiro atoms. The molecule has 0 saturated carbocycles. The van der Waals surface area contributed by atoms with Crippen LogP contribution in [0, 0.1) is 0 Å². The quantitative estimate of drug-likeness (QED) is 0.481. The zero-order chi connectivity index (χ0) is 20.7. The number of hydrogen-bond acceptors (Lipinski definition) is 4. The Balaban J connectivity index is 1.57. The molecule has 0 fully saturated rings. The van der Waals surface area contributed by atoms with Crippen LogP contribution in [0.1, 0.15) is 32.0 Å². The van der Waals surface area contributed by atoms with Crippen LogP contribution in [-0.2, 0) is 13.1 Å². The molecule has 0 aliphatic heterocycles. The molecule has 0 unspecified atom stereocenters. The van der Waals surface area contributed by atoms with E-state index in [2.05, 4.69) is 20.6 Å². The van der Waals surface area contributed by atoms with Crippen molar-refractivity contribution in [2.45, 2.75) is 39.5 Å². The number of hydrogen-bond donors (Lipinski definition) is 2. The SMILES string of the molecule is CN=C(NCc1coc(-c2ccccc2)n1)NCc1ccccc1OC(C)(C)C. The predicted molar refractivity (Wildman–Crippen MR) is 116 cm³/mol. The summed E-state index contributed by atoms with van der Waals surface area (Å²) in [6.45, 7) is 7.23. The lowest BCUT2D eigenvalue weighted by molar-refractivity contribution is 0.129. The average molecular weight is 393 g/mol. The lowest BCUT2D eigenvalue weighted by atomic mass is 10.1. The smallest absolute Gasteiger partial charge is 0.226 e. The fourth-order valence-electron chi connectivity index (χ4n) is 2.75. The zero-order valence-corrected chi connectivity index (χ0v) is 17.4. The number of oxazole rings is 1. The minimum absolute atomic E-state index is 0.251. The van der Waals surface area contributed by atoms with Gasteiger partial charge in [0.2, 0.25) is 5.89 Å². The third kappa shape index (κ3) is 6.10. The second-order valence-corrected chi connectivity index (χ2v) is 7.61. The number of rotatable bonds is 6. The van der Waals surface area contributed by atoms with E-state index < -0.39 is 0 Å². The highest BCUT2D eigenvalue weighted by Gasteiger charge is 2.14. The normalized spacial score (nSPS) is 11.9. The molecule has 0 amide bonds. The number of benzene rings is 2. The molecule has 0 aliphatic carbocycles. The number of nitrogens with one attached hydrogen (secondary N) is 2. The van der Waals surface area contributed by atoms with Gasteiger partial charge in [0.1, 0.15) is 17.6 Å². The Kier molecular flexibility index (Phi) is 6.54. The maximum atomic E-state index is 6.05. The fraction of sp³-hybridized carbons (Fsp3) is 0.304. The van der Waals surface area contributed by atoms with Crippen molar-refractivity contribution in [2.24, 2.45) is 4.99 Å². The summed E-state index contributed by atoms with van der Waals surface area (Å²) in [6.07, 6.45) is 1.66. The van der Waals surface area contributed by atoms with Crippen LogP contribution in [0.15, 0.2) is 70.3 Å². The first-order chi connectivity index (χ1) is 13.9. The van der Waals surface area contributed by atoms with Gasteiger partial charge in [-0.3, -0.25) is 4.99 Å². The summed E-state index contributed by atoms with van der Waals surface area (Å²) in [6, 6.07) is 17.9. The van der Waals surface area contributed by atoms with E-state index in [-0.39, 0.29) is 5.60 Å². The summed E-state index contributed by atoms with van der Waals surface area (Å²) < 4.78 is 11.6. The Morgan fingerprint density at radius 1 is 1.00 bits per heavy atom. The molecule has 152 valence electrons. The first kappa shape index (κ1) is 20.5. The topological polar surface area (TPSA) is 71.7 Å². The monoisotopic (exact) mass is 392 g/mol. The first-order valence-corrected chi connectivity index (χ1v) is 9.66. The van der Waals surface area contributed by atoms with Crippen molar-refractivity contribution in [1.29, 1.82) is 0 Å². The molecule has 3 rings (SSSR count). The molecule has 6 nitrogen and oxygen atoms in total. The van der Waals surface area contributed by atoms with Crippen LogP contribution in [-0.4, -0.2) is 23.6 Å². The van der Waals surface area contributed by atoms with E-state index in [4.69, 9.17) is 9.15 Å². The minimum atomic E-state index is -0.251. The molecule has 0 bridgehead atoms. The summed E-state index contributed by atoms with van der Waals surface area (Å²) in [7, 11) is 1.74. The van der Waals surface area contributed by atoms with Gasteiger partial charge in [-0.25, -0.2) is 4.98 Å². The van der Waals surface area contributed by atoms with Gasteiger partial charge in [0.25, 0.3) is 0 Å². The van der Waals surface area contributed by atoms with Crippen LogP contribution in [0.5, 0.6) is 5.75 Å². The van der Waals surface area contributed by atoms with Crippen LogP contribution in [0.25, 0.3) is 11.5 Å². The Morgan fingerprint density at radius 3 is 2.41 bits per heavy atom. The van der Waals surface area contributed by atoms with Gasteiger partial charge in [0.05, 0.1) is 12.2 Å². The highest BCUT2D eigenvalue weighted by atomic mass is 16.5. The largest absolute Gasteiger partial charge is 0.488 e. The molecular weight excluding hydrogens is 364 g/mol. The molecule has 0 atom stereocenters. The van der Waals surface area contributed by atoms with Gasteiger partial charge in [-0.2, -0.15) is 0 Å². The van der Waals surface area contributed by atoms with E-state index >= 15 is 0 Å². The van der Waals surface area contributed by atoms with Gasteiger partial charge in [-0.15, -0.1) is 0 Å². The summed E-state index contributed by atoms with van der Waals surface area (Å²) in [5.41, 5.74) is 2.58. The van der Waals surface area contributed by atoms with Crippen molar-refractivity contribution < 1.29 is 9.15 Å². The third-order valence-corrected chi connectivity index (χ3v) is 4.07. The summed E-state index contributed by atoms with van der Waals surface area (Å²) >= 11 is 0. The Hall–Kier alpha value is -3.28. The fourth-order valence-corrected chi connectivity index (χ4v) is 2.75. The maximum absolute atomic E-state index is 6.05. The molecular formula is C23H28N4O2. The lowest BCUT2D eigenvalue weighted by Gasteiger charge is -2.23. The molecule has 2 aromatic carbocycles. The van der Waals surface area contributed by atoms with Crippen molar-refractivity contribution in [1.82, 2.24) is 15.6 Å². The Bertz CT molecular complexity index is 943. The van der Waals surface area contributed by atoms with E-state index in [0.717, 1.165) is 22.6 Å². The van der Waals surface area contributed by atoms with Gasteiger partial charge < -0.3 is 19.8 Å². The van der Waals surface area contributed by atoms with E-state index in [1.54, 1.807) is 13.3 Å². The van der Waals surface area contributed by atoms with Gasteiger partial charge in [0, 0.05) is 24.7 Å². The number of para-hydroxylation sites is 1. The van der Waals surface area contributed by atoms with Crippen LogP contribution >= 0.6 is 0 Å². The van der Waals surface area contributed by atoms with Crippen LogP contribution in [0.4, 0.5) is 0 Å². The Labute approximate surface area is 172 Å². The third-order valence-electron chi connectivity index (χ3n) is 4.07. The molecule has 1 heterocycles. The zero-order valence-electron chi connectivity index (χ0n) is 17.4. The van der Waals surface area contributed by atoms with Gasteiger partial charge in [-0.05, 0) is 39.0 Å². The van der Waals surface area contributed by atoms with Crippen molar-refractivity contribution in [2.75, 3.05) is 7.05 Å². The second kappa shape index (κ2) is 9.28. The molecule has 0 saturated heterocycles. The van der Waals surface area contributed by atoms with Crippen molar-refractivity contribution in [3.05, 3.63) is 72.1 Å². The van der Waals surface area contributed by atoms with E-state index in [1.165, 1.54) is 0 Å². The predicted octanol–water partition coefficient (Wildman–Crippen LogP) is 4.38. The van der Waals surface area contributed by atoms with Crippen molar-refractivity contribution in [3.8, 4) is 17.2 Å². The summed E-state index contributed by atoms with van der Waals surface area (Å²) in [4.78, 5) is 8.81. The van der Waals surface area contributed by atoms with Gasteiger partial charge >= 0.3 is 0 Å². The molecule has 0 radical (unpaired) electrons. The van der Waals surface area contributed by atoms with Crippen LogP contribution in [0.2, 0.25) is 0 Å². The van der Waals surface area contributed by atoms with Crippen molar-refractivity contribution in [3.63, 3.8) is 0 Å². The molecule has 0 aliphatic rings. The summed E-state index contributed by atoms with van der Waals surface area (Å²) in [5.74, 6) is 2.16. The van der Waals surface area contributed by atoms with E-state index in [9.17, 15) is 0 Å². The van der Waals surface area contributed by atoms with Gasteiger partial charge in [-0.1, -0.05) is 36.4 Å². The van der Waals surface area contributed by atoms with E-state index in [0.29, 0.717) is 24.9 Å². The second-order valence-electron chi connectivity index (χ2n) is 7.61. The molecule has 2 N–H and O–H groups in total. The lowest BCUT2D eigenvalue weighted by Crippen LogP contribution is -2.36. The molecule has 1 aromatic heterocycles. The van der Waals surface area contributed by atoms with E-state index in [1.807, 2.05) is 75.4 Å². The first-order valence-electron chi connectivity index (χ1n) is 9.66. The van der Waals surface area contributed by atoms with Crippen molar-refractivity contribution >= 4 is 5.96 Å². The summed E-state index contributed by atoms with van der Waals surface area (Å²) in [5, 5.41) is 6.59. The Morgan fingerprint density at radius 2 is 1.69 bits per heavy atom. The number of guanidine groups is 1. The maximum Gasteiger partial charge on any atom is 0.226 e. The number of aromatic nitrogens is 1. The molecule has 6 heteroatoms. The van der Waals surface area contributed by atoms with Gasteiger partial charge in [0.15, 0.2) is 5.96 Å². The number of aliphatic imine (C=N–C) groups is 1. The number of nitrogens with zero attached hydrogens (tertiary/aromatic N) is 2.